The Morgan fingerprint density at radius 1 is 1.38 bits per heavy atom. The Hall–Kier alpha value is -2.02. The fourth-order valence-electron chi connectivity index (χ4n) is 2.68. The van der Waals surface area contributed by atoms with Gasteiger partial charge in [-0.25, -0.2) is 4.98 Å². The van der Waals surface area contributed by atoms with Crippen molar-refractivity contribution in [1.29, 1.82) is 0 Å². The van der Waals surface area contributed by atoms with Gasteiger partial charge in [-0.1, -0.05) is 0 Å². The molecule has 1 aromatic carbocycles. The SMILES string of the molecule is CCn1cc(S(=O)(=O)N2CCc3cc(N)ccc32)nc1C. The highest BCUT2D eigenvalue weighted by atomic mass is 32.2. The lowest BCUT2D eigenvalue weighted by molar-refractivity contribution is 0.589. The quantitative estimate of drug-likeness (QED) is 0.872. The number of rotatable bonds is 3. The molecular formula is C14H18N4O2S. The summed E-state index contributed by atoms with van der Waals surface area (Å²) in [4.78, 5) is 4.20. The number of hydrogen-bond donors (Lipinski definition) is 1. The summed E-state index contributed by atoms with van der Waals surface area (Å²) in [5.41, 5.74) is 8.07. The molecule has 0 unspecified atom stereocenters. The minimum absolute atomic E-state index is 0.103. The van der Waals surface area contributed by atoms with Crippen LogP contribution in [-0.2, 0) is 23.0 Å². The number of anilines is 2. The van der Waals surface area contributed by atoms with Crippen LogP contribution in [0.5, 0.6) is 0 Å². The van der Waals surface area contributed by atoms with E-state index in [2.05, 4.69) is 4.98 Å². The van der Waals surface area contributed by atoms with Crippen molar-refractivity contribution in [2.75, 3.05) is 16.6 Å². The molecule has 0 saturated heterocycles. The Labute approximate surface area is 124 Å². The van der Waals surface area contributed by atoms with Gasteiger partial charge >= 0.3 is 0 Å². The van der Waals surface area contributed by atoms with Crippen molar-refractivity contribution < 1.29 is 8.42 Å². The normalized spacial score (nSPS) is 14.5. The Morgan fingerprint density at radius 2 is 2.14 bits per heavy atom. The van der Waals surface area contributed by atoms with Gasteiger partial charge in [0.25, 0.3) is 10.0 Å². The van der Waals surface area contributed by atoms with Crippen molar-refractivity contribution in [3.05, 3.63) is 35.8 Å². The van der Waals surface area contributed by atoms with Crippen molar-refractivity contribution in [3.63, 3.8) is 0 Å². The van der Waals surface area contributed by atoms with Crippen LogP contribution in [0.4, 0.5) is 11.4 Å². The summed E-state index contributed by atoms with van der Waals surface area (Å²) >= 11 is 0. The number of imidazole rings is 1. The van der Waals surface area contributed by atoms with Gasteiger partial charge in [0.15, 0.2) is 5.03 Å². The van der Waals surface area contributed by atoms with Crippen LogP contribution in [0.15, 0.2) is 29.4 Å². The van der Waals surface area contributed by atoms with Crippen LogP contribution in [0.3, 0.4) is 0 Å². The summed E-state index contributed by atoms with van der Waals surface area (Å²) in [5.74, 6) is 0.702. The third-order valence-corrected chi connectivity index (χ3v) is 5.49. The van der Waals surface area contributed by atoms with Gasteiger partial charge in [-0.05, 0) is 44.0 Å². The zero-order valence-corrected chi connectivity index (χ0v) is 12.9. The molecule has 1 aliphatic rings. The van der Waals surface area contributed by atoms with E-state index in [1.165, 1.54) is 4.31 Å². The molecule has 0 atom stereocenters. The average molecular weight is 306 g/mol. The number of nitrogens with zero attached hydrogens (tertiary/aromatic N) is 3. The first-order chi connectivity index (χ1) is 9.93. The topological polar surface area (TPSA) is 81.2 Å². The van der Waals surface area contributed by atoms with E-state index in [0.29, 0.717) is 36.7 Å². The maximum absolute atomic E-state index is 12.8. The van der Waals surface area contributed by atoms with Crippen LogP contribution in [-0.4, -0.2) is 24.5 Å². The summed E-state index contributed by atoms with van der Waals surface area (Å²) < 4.78 is 28.8. The number of aromatic nitrogens is 2. The van der Waals surface area contributed by atoms with Crippen molar-refractivity contribution >= 4 is 21.4 Å². The van der Waals surface area contributed by atoms with Gasteiger partial charge < -0.3 is 10.3 Å². The number of nitrogen functional groups attached to an aromatic ring is 1. The number of aryl methyl sites for hydroxylation is 2. The molecule has 0 amide bonds. The van der Waals surface area contributed by atoms with Gasteiger partial charge in [0.2, 0.25) is 0 Å². The van der Waals surface area contributed by atoms with E-state index in [4.69, 9.17) is 5.73 Å². The van der Waals surface area contributed by atoms with Crippen LogP contribution in [0, 0.1) is 6.92 Å². The predicted octanol–water partition coefficient (Wildman–Crippen LogP) is 1.55. The van der Waals surface area contributed by atoms with Gasteiger partial charge in [-0.2, -0.15) is 8.42 Å². The largest absolute Gasteiger partial charge is 0.399 e. The molecule has 21 heavy (non-hydrogen) atoms. The summed E-state index contributed by atoms with van der Waals surface area (Å²) in [6, 6.07) is 5.32. The molecule has 0 bridgehead atoms. The second-order valence-corrected chi connectivity index (χ2v) is 6.94. The summed E-state index contributed by atoms with van der Waals surface area (Å²) in [7, 11) is -3.62. The smallest absolute Gasteiger partial charge is 0.283 e. The highest BCUT2D eigenvalue weighted by Gasteiger charge is 2.32. The number of nitrogens with two attached hydrogens (primary N) is 1. The zero-order chi connectivity index (χ0) is 15.2. The number of hydrogen-bond acceptors (Lipinski definition) is 4. The first-order valence-electron chi connectivity index (χ1n) is 6.88. The van der Waals surface area contributed by atoms with E-state index < -0.39 is 10.0 Å². The molecule has 112 valence electrons. The predicted molar refractivity (Wildman–Crippen MR) is 81.7 cm³/mol. The molecule has 2 N–H and O–H groups in total. The highest BCUT2D eigenvalue weighted by Crippen LogP contribution is 2.33. The molecule has 0 spiro atoms. The van der Waals surface area contributed by atoms with Crippen LogP contribution >= 0.6 is 0 Å². The van der Waals surface area contributed by atoms with Gasteiger partial charge in [0, 0.05) is 25.0 Å². The first kappa shape index (κ1) is 13.9. The van der Waals surface area contributed by atoms with Crippen molar-refractivity contribution in [2.24, 2.45) is 0 Å². The Bertz CT molecular complexity index is 795. The van der Waals surface area contributed by atoms with E-state index in [0.717, 1.165) is 5.56 Å². The lowest BCUT2D eigenvalue weighted by Crippen LogP contribution is -2.29. The molecule has 7 heteroatoms. The van der Waals surface area contributed by atoms with Gasteiger partial charge in [0.05, 0.1) is 5.69 Å². The molecule has 2 heterocycles. The fourth-order valence-corrected chi connectivity index (χ4v) is 4.18. The molecule has 0 aliphatic carbocycles. The van der Waals surface area contributed by atoms with Gasteiger partial charge in [0.1, 0.15) is 5.82 Å². The lowest BCUT2D eigenvalue weighted by atomic mass is 10.1. The first-order valence-corrected chi connectivity index (χ1v) is 8.32. The molecular weight excluding hydrogens is 288 g/mol. The Balaban J connectivity index is 2.04. The van der Waals surface area contributed by atoms with Gasteiger partial charge in [-0.15, -0.1) is 0 Å². The zero-order valence-electron chi connectivity index (χ0n) is 12.1. The highest BCUT2D eigenvalue weighted by molar-refractivity contribution is 7.92. The van der Waals surface area contributed by atoms with Crippen molar-refractivity contribution in [1.82, 2.24) is 9.55 Å². The summed E-state index contributed by atoms with van der Waals surface area (Å²) in [6.07, 6.45) is 2.27. The van der Waals surface area contributed by atoms with E-state index in [1.54, 1.807) is 25.3 Å². The molecule has 2 aromatic rings. The van der Waals surface area contributed by atoms with Crippen molar-refractivity contribution in [3.8, 4) is 0 Å². The Kier molecular flexibility index (Phi) is 3.16. The summed E-state index contributed by atoms with van der Waals surface area (Å²) in [6.45, 7) is 4.89. The van der Waals surface area contributed by atoms with E-state index in [9.17, 15) is 8.42 Å². The standard InChI is InChI=1S/C14H18N4O2S/c1-3-17-9-14(16-10(17)2)21(19,20)18-7-6-11-8-12(15)4-5-13(11)18/h4-5,8-9H,3,6-7,15H2,1-2H3. The Morgan fingerprint density at radius 3 is 2.81 bits per heavy atom. The average Bonchev–Trinajstić information content (AvgIpc) is 3.02. The van der Waals surface area contributed by atoms with Gasteiger partial charge in [-0.3, -0.25) is 4.31 Å². The van der Waals surface area contributed by atoms with Crippen LogP contribution in [0.2, 0.25) is 0 Å². The molecule has 1 aliphatic heterocycles. The fraction of sp³-hybridized carbons (Fsp3) is 0.357. The van der Waals surface area contributed by atoms with Crippen LogP contribution < -0.4 is 10.0 Å². The second kappa shape index (κ2) is 4.77. The van der Waals surface area contributed by atoms with E-state index in [1.807, 2.05) is 17.6 Å². The van der Waals surface area contributed by atoms with Crippen LogP contribution in [0.1, 0.15) is 18.3 Å². The minimum Gasteiger partial charge on any atom is -0.399 e. The van der Waals surface area contributed by atoms with E-state index >= 15 is 0 Å². The molecule has 0 radical (unpaired) electrons. The third kappa shape index (κ3) is 2.17. The maximum atomic E-state index is 12.8. The second-order valence-electron chi connectivity index (χ2n) is 5.13. The molecule has 0 fully saturated rings. The molecule has 6 nitrogen and oxygen atoms in total. The molecule has 0 saturated carbocycles. The molecule has 3 rings (SSSR count). The number of benzene rings is 1. The van der Waals surface area contributed by atoms with Crippen molar-refractivity contribution in [2.45, 2.75) is 31.8 Å². The number of sulfonamides is 1. The number of fused-ring (bicyclic) bond motifs is 1. The lowest BCUT2D eigenvalue weighted by Gasteiger charge is -2.18. The van der Waals surface area contributed by atoms with E-state index in [-0.39, 0.29) is 5.03 Å². The molecule has 1 aromatic heterocycles. The summed E-state index contributed by atoms with van der Waals surface area (Å²) in [5, 5.41) is 0.103. The third-order valence-electron chi connectivity index (χ3n) is 3.81. The monoisotopic (exact) mass is 306 g/mol. The maximum Gasteiger partial charge on any atom is 0.283 e. The van der Waals surface area contributed by atoms with Crippen LogP contribution in [0.25, 0.3) is 0 Å². The minimum atomic E-state index is -3.62.